The minimum absolute atomic E-state index is 0.173. The quantitative estimate of drug-likeness (QED) is 0.849. The molecule has 0 radical (unpaired) electrons. The molecule has 1 amide bonds. The van der Waals surface area contributed by atoms with E-state index in [0.717, 1.165) is 0 Å². The second kappa shape index (κ2) is 7.94. The number of hydrogen-bond acceptors (Lipinski definition) is 4. The molecule has 23 heavy (non-hydrogen) atoms. The normalized spacial score (nSPS) is 10.1. The molecule has 0 atom stereocenters. The summed E-state index contributed by atoms with van der Waals surface area (Å²) in [5, 5.41) is 3.57. The molecule has 7 heteroatoms. The minimum Gasteiger partial charge on any atom is -0.495 e. The standard InChI is InChI=1S/C16H15Cl2NO4/c1-21-14-8-15(22-2)13(7-12(14)18)19-16(20)9-23-11-5-3-4-10(17)6-11/h3-8H,9H2,1-2H3,(H,19,20). The highest BCUT2D eigenvalue weighted by atomic mass is 35.5. The molecule has 1 N–H and O–H groups in total. The third kappa shape index (κ3) is 4.68. The number of amides is 1. The van der Waals surface area contributed by atoms with Gasteiger partial charge in [0.2, 0.25) is 0 Å². The summed E-state index contributed by atoms with van der Waals surface area (Å²) in [6, 6.07) is 9.94. The summed E-state index contributed by atoms with van der Waals surface area (Å²) >= 11 is 11.9. The largest absolute Gasteiger partial charge is 0.495 e. The number of carbonyl (C=O) groups is 1. The molecule has 0 aliphatic carbocycles. The molecule has 0 spiro atoms. The van der Waals surface area contributed by atoms with Gasteiger partial charge in [-0.05, 0) is 24.3 Å². The second-order valence-electron chi connectivity index (χ2n) is 4.48. The number of anilines is 1. The Morgan fingerprint density at radius 1 is 1.09 bits per heavy atom. The van der Waals surface area contributed by atoms with Crippen molar-refractivity contribution >= 4 is 34.8 Å². The van der Waals surface area contributed by atoms with E-state index >= 15 is 0 Å². The first-order chi connectivity index (χ1) is 11.0. The maximum absolute atomic E-state index is 12.0. The smallest absolute Gasteiger partial charge is 0.262 e. The van der Waals surface area contributed by atoms with E-state index in [0.29, 0.717) is 33.0 Å². The van der Waals surface area contributed by atoms with Crippen molar-refractivity contribution in [2.75, 3.05) is 26.1 Å². The van der Waals surface area contributed by atoms with Crippen molar-refractivity contribution in [1.82, 2.24) is 0 Å². The fourth-order valence-corrected chi connectivity index (χ4v) is 2.27. The number of methoxy groups -OCH3 is 2. The zero-order valence-corrected chi connectivity index (χ0v) is 14.1. The number of benzene rings is 2. The summed E-state index contributed by atoms with van der Waals surface area (Å²) in [6.07, 6.45) is 0. The van der Waals surface area contributed by atoms with E-state index in [9.17, 15) is 4.79 Å². The van der Waals surface area contributed by atoms with Crippen LogP contribution in [0.1, 0.15) is 0 Å². The molecule has 0 aromatic heterocycles. The molecule has 0 aliphatic rings. The Labute approximate surface area is 144 Å². The minimum atomic E-state index is -0.357. The van der Waals surface area contributed by atoms with Gasteiger partial charge in [0, 0.05) is 11.1 Å². The van der Waals surface area contributed by atoms with E-state index in [-0.39, 0.29) is 12.5 Å². The molecule has 0 unspecified atom stereocenters. The number of carbonyl (C=O) groups excluding carboxylic acids is 1. The monoisotopic (exact) mass is 355 g/mol. The van der Waals surface area contributed by atoms with Gasteiger partial charge < -0.3 is 19.5 Å². The van der Waals surface area contributed by atoms with Crippen molar-refractivity contribution in [1.29, 1.82) is 0 Å². The van der Waals surface area contributed by atoms with Gasteiger partial charge in [-0.3, -0.25) is 4.79 Å². The average molecular weight is 356 g/mol. The number of nitrogens with one attached hydrogen (secondary N) is 1. The van der Waals surface area contributed by atoms with Gasteiger partial charge in [-0.2, -0.15) is 0 Å². The molecule has 2 aromatic rings. The van der Waals surface area contributed by atoms with Crippen molar-refractivity contribution < 1.29 is 19.0 Å². The first-order valence-corrected chi connectivity index (χ1v) is 7.39. The first-order valence-electron chi connectivity index (χ1n) is 6.63. The Hall–Kier alpha value is -2.11. The number of rotatable bonds is 6. The van der Waals surface area contributed by atoms with E-state index < -0.39 is 0 Å². The van der Waals surface area contributed by atoms with Gasteiger partial charge in [0.25, 0.3) is 5.91 Å². The maximum Gasteiger partial charge on any atom is 0.262 e. The highest BCUT2D eigenvalue weighted by molar-refractivity contribution is 6.32. The topological polar surface area (TPSA) is 56.8 Å². The Kier molecular flexibility index (Phi) is 5.96. The number of ether oxygens (including phenoxy) is 3. The van der Waals surface area contributed by atoms with Crippen LogP contribution in [0, 0.1) is 0 Å². The van der Waals surface area contributed by atoms with Crippen molar-refractivity contribution in [3.05, 3.63) is 46.4 Å². The molecule has 0 saturated heterocycles. The van der Waals surface area contributed by atoms with Gasteiger partial charge in [-0.25, -0.2) is 0 Å². The summed E-state index contributed by atoms with van der Waals surface area (Å²) in [4.78, 5) is 12.0. The molecule has 0 fully saturated rings. The average Bonchev–Trinajstić information content (AvgIpc) is 2.53. The molecule has 0 heterocycles. The zero-order valence-electron chi connectivity index (χ0n) is 12.6. The van der Waals surface area contributed by atoms with Crippen molar-refractivity contribution in [3.63, 3.8) is 0 Å². The van der Waals surface area contributed by atoms with Crippen LogP contribution in [-0.4, -0.2) is 26.7 Å². The SMILES string of the molecule is COc1cc(OC)c(NC(=O)COc2cccc(Cl)c2)cc1Cl. The molecule has 0 saturated carbocycles. The summed E-state index contributed by atoms with van der Waals surface area (Å²) < 4.78 is 15.7. The van der Waals surface area contributed by atoms with Gasteiger partial charge in [0.15, 0.2) is 6.61 Å². The summed E-state index contributed by atoms with van der Waals surface area (Å²) in [7, 11) is 2.98. The highest BCUT2D eigenvalue weighted by Gasteiger charge is 2.13. The summed E-state index contributed by atoms with van der Waals surface area (Å²) in [5.41, 5.74) is 0.429. The lowest BCUT2D eigenvalue weighted by molar-refractivity contribution is -0.118. The zero-order chi connectivity index (χ0) is 16.8. The number of halogens is 2. The number of hydrogen-bond donors (Lipinski definition) is 1. The van der Waals surface area contributed by atoms with Crippen LogP contribution in [0.4, 0.5) is 5.69 Å². The van der Waals surface area contributed by atoms with Gasteiger partial charge in [-0.15, -0.1) is 0 Å². The molecule has 5 nitrogen and oxygen atoms in total. The van der Waals surface area contributed by atoms with Crippen LogP contribution in [0.2, 0.25) is 10.0 Å². The Morgan fingerprint density at radius 2 is 1.83 bits per heavy atom. The molecule has 0 bridgehead atoms. The molecule has 2 aromatic carbocycles. The van der Waals surface area contributed by atoms with Crippen LogP contribution in [-0.2, 0) is 4.79 Å². The van der Waals surface area contributed by atoms with Crippen LogP contribution in [0.15, 0.2) is 36.4 Å². The van der Waals surface area contributed by atoms with Crippen LogP contribution in [0.3, 0.4) is 0 Å². The highest BCUT2D eigenvalue weighted by Crippen LogP contribution is 2.35. The molecular weight excluding hydrogens is 341 g/mol. The van der Waals surface area contributed by atoms with E-state index in [2.05, 4.69) is 5.32 Å². The lowest BCUT2D eigenvalue weighted by Crippen LogP contribution is -2.20. The summed E-state index contributed by atoms with van der Waals surface area (Å²) in [5.74, 6) is 1.04. The van der Waals surface area contributed by atoms with E-state index in [1.807, 2.05) is 0 Å². The maximum atomic E-state index is 12.0. The fraction of sp³-hybridized carbons (Fsp3) is 0.188. The first kappa shape index (κ1) is 17.2. The second-order valence-corrected chi connectivity index (χ2v) is 5.32. The molecule has 122 valence electrons. The fourth-order valence-electron chi connectivity index (χ4n) is 1.85. The predicted molar refractivity (Wildman–Crippen MR) is 90.1 cm³/mol. The Balaban J connectivity index is 2.03. The third-order valence-electron chi connectivity index (χ3n) is 2.91. The van der Waals surface area contributed by atoms with Crippen LogP contribution in [0.25, 0.3) is 0 Å². The lowest BCUT2D eigenvalue weighted by Gasteiger charge is -2.13. The van der Waals surface area contributed by atoms with E-state index in [1.165, 1.54) is 14.2 Å². The molecule has 2 rings (SSSR count). The summed E-state index contributed by atoms with van der Waals surface area (Å²) in [6.45, 7) is -0.173. The lowest BCUT2D eigenvalue weighted by atomic mass is 10.2. The van der Waals surface area contributed by atoms with Gasteiger partial charge in [0.05, 0.1) is 24.9 Å². The van der Waals surface area contributed by atoms with Crippen LogP contribution < -0.4 is 19.5 Å². The van der Waals surface area contributed by atoms with Gasteiger partial charge in [-0.1, -0.05) is 29.3 Å². The van der Waals surface area contributed by atoms with E-state index in [4.69, 9.17) is 37.4 Å². The molecular formula is C16H15Cl2NO4. The Morgan fingerprint density at radius 3 is 2.48 bits per heavy atom. The van der Waals surface area contributed by atoms with Gasteiger partial charge in [0.1, 0.15) is 17.2 Å². The predicted octanol–water partition coefficient (Wildman–Crippen LogP) is 4.03. The van der Waals surface area contributed by atoms with Crippen LogP contribution >= 0.6 is 23.2 Å². The Bertz CT molecular complexity index is 706. The van der Waals surface area contributed by atoms with Crippen molar-refractivity contribution in [3.8, 4) is 17.2 Å². The molecule has 0 aliphatic heterocycles. The van der Waals surface area contributed by atoms with Crippen molar-refractivity contribution in [2.24, 2.45) is 0 Å². The van der Waals surface area contributed by atoms with Gasteiger partial charge >= 0.3 is 0 Å². The third-order valence-corrected chi connectivity index (χ3v) is 3.44. The van der Waals surface area contributed by atoms with Crippen LogP contribution in [0.5, 0.6) is 17.2 Å². The van der Waals surface area contributed by atoms with E-state index in [1.54, 1.807) is 36.4 Å². The van der Waals surface area contributed by atoms with Crippen molar-refractivity contribution in [2.45, 2.75) is 0 Å².